The number of hydrogen-bond donors (Lipinski definition) is 0. The van der Waals surface area contributed by atoms with Crippen LogP contribution >= 0.6 is 0 Å². The fraction of sp³-hybridized carbons (Fsp3) is 0.692. The molecule has 4 atom stereocenters. The second-order valence-electron chi connectivity index (χ2n) is 4.61. The average Bonchev–Trinajstić information content (AvgIpc) is 2.34. The minimum Gasteiger partial charge on any atom is -0.456 e. The molecular weight excluding hydrogens is 300 g/mol. The van der Waals surface area contributed by atoms with Crippen LogP contribution < -0.4 is 0 Å². The Kier molecular flexibility index (Phi) is 6.29. The van der Waals surface area contributed by atoms with Crippen molar-refractivity contribution in [3.8, 4) is 0 Å². The van der Waals surface area contributed by atoms with Gasteiger partial charge in [0.05, 0.1) is 6.61 Å². The van der Waals surface area contributed by atoms with Crippen LogP contribution in [0.1, 0.15) is 27.7 Å². The SMILES string of the molecule is CC(=O)OC1CO[C@@H](OC(C)=O)C(OC(C)=O)[C@H]1OC(C)=O. The quantitative estimate of drug-likeness (QED) is 0.509. The van der Waals surface area contributed by atoms with E-state index in [2.05, 4.69) is 0 Å². The fourth-order valence-corrected chi connectivity index (χ4v) is 1.97. The molecular formula is C13H18O9. The molecule has 1 saturated heterocycles. The maximum absolute atomic E-state index is 11.3. The molecule has 1 aliphatic heterocycles. The van der Waals surface area contributed by atoms with Gasteiger partial charge in [-0.25, -0.2) is 0 Å². The lowest BCUT2D eigenvalue weighted by atomic mass is 10.0. The molecule has 0 aromatic rings. The molecule has 0 saturated carbocycles. The molecule has 0 aromatic carbocycles. The van der Waals surface area contributed by atoms with Gasteiger partial charge >= 0.3 is 23.9 Å². The molecule has 0 aliphatic carbocycles. The van der Waals surface area contributed by atoms with Gasteiger partial charge in [-0.1, -0.05) is 0 Å². The Labute approximate surface area is 126 Å². The number of esters is 4. The molecule has 9 heteroatoms. The van der Waals surface area contributed by atoms with Crippen molar-refractivity contribution in [2.75, 3.05) is 6.61 Å². The number of carbonyl (C=O) groups excluding carboxylic acids is 4. The summed E-state index contributed by atoms with van der Waals surface area (Å²) in [6.07, 6.45) is -4.65. The number of carbonyl (C=O) groups is 4. The van der Waals surface area contributed by atoms with Crippen LogP contribution in [0.2, 0.25) is 0 Å². The molecule has 0 radical (unpaired) electrons. The molecule has 1 fully saturated rings. The summed E-state index contributed by atoms with van der Waals surface area (Å²) in [6, 6.07) is 0. The van der Waals surface area contributed by atoms with Crippen LogP contribution in [0.25, 0.3) is 0 Å². The fourth-order valence-electron chi connectivity index (χ4n) is 1.97. The van der Waals surface area contributed by atoms with Crippen LogP contribution in [0.4, 0.5) is 0 Å². The van der Waals surface area contributed by atoms with E-state index in [1.807, 2.05) is 0 Å². The molecule has 2 unspecified atom stereocenters. The maximum atomic E-state index is 11.3. The molecule has 0 amide bonds. The van der Waals surface area contributed by atoms with Gasteiger partial charge in [-0.3, -0.25) is 19.2 Å². The Morgan fingerprint density at radius 1 is 0.727 bits per heavy atom. The van der Waals surface area contributed by atoms with Gasteiger partial charge in [-0.2, -0.15) is 0 Å². The first-order chi connectivity index (χ1) is 10.2. The van der Waals surface area contributed by atoms with Gasteiger partial charge in [-0.05, 0) is 0 Å². The summed E-state index contributed by atoms with van der Waals surface area (Å²) >= 11 is 0. The molecule has 0 spiro atoms. The lowest BCUT2D eigenvalue weighted by Crippen LogP contribution is -2.58. The van der Waals surface area contributed by atoms with Gasteiger partial charge in [0.15, 0.2) is 12.2 Å². The summed E-state index contributed by atoms with van der Waals surface area (Å²) in [7, 11) is 0. The second-order valence-corrected chi connectivity index (χ2v) is 4.61. The van der Waals surface area contributed by atoms with E-state index in [1.165, 1.54) is 6.92 Å². The topological polar surface area (TPSA) is 114 Å². The zero-order valence-electron chi connectivity index (χ0n) is 12.7. The molecule has 1 aliphatic rings. The van der Waals surface area contributed by atoms with Crippen LogP contribution in [0.5, 0.6) is 0 Å². The van der Waals surface area contributed by atoms with Crippen LogP contribution in [0, 0.1) is 0 Å². The summed E-state index contributed by atoms with van der Waals surface area (Å²) in [5, 5.41) is 0. The van der Waals surface area contributed by atoms with Crippen molar-refractivity contribution in [3.05, 3.63) is 0 Å². The standard InChI is InChI=1S/C13H18O9/c1-6(14)19-10-5-18-13(22-9(4)17)12(21-8(3)16)11(10)20-7(2)15/h10-13H,5H2,1-4H3/t10?,11-,12?,13-/m0/s1. The summed E-state index contributed by atoms with van der Waals surface area (Å²) < 4.78 is 25.2. The summed E-state index contributed by atoms with van der Waals surface area (Å²) in [6.45, 7) is 4.40. The van der Waals surface area contributed by atoms with E-state index in [0.717, 1.165) is 20.8 Å². The minimum atomic E-state index is -1.27. The third-order valence-corrected chi connectivity index (χ3v) is 2.59. The smallest absolute Gasteiger partial charge is 0.305 e. The van der Waals surface area contributed by atoms with Crippen molar-refractivity contribution in [1.29, 1.82) is 0 Å². The minimum absolute atomic E-state index is 0.187. The van der Waals surface area contributed by atoms with E-state index in [1.54, 1.807) is 0 Å². The molecule has 0 N–H and O–H groups in total. The van der Waals surface area contributed by atoms with E-state index < -0.39 is 48.5 Å². The van der Waals surface area contributed by atoms with Gasteiger partial charge in [0.25, 0.3) is 0 Å². The first-order valence-electron chi connectivity index (χ1n) is 6.51. The van der Waals surface area contributed by atoms with Crippen molar-refractivity contribution >= 4 is 23.9 Å². The predicted octanol–water partition coefficient (Wildman–Crippen LogP) is -0.299. The number of hydrogen-bond acceptors (Lipinski definition) is 9. The Hall–Kier alpha value is -2.16. The van der Waals surface area contributed by atoms with Gasteiger partial charge in [-0.15, -0.1) is 0 Å². The van der Waals surface area contributed by atoms with Gasteiger partial charge in [0.2, 0.25) is 12.4 Å². The molecule has 1 rings (SSSR count). The van der Waals surface area contributed by atoms with Crippen LogP contribution in [-0.4, -0.2) is 55.1 Å². The van der Waals surface area contributed by atoms with Crippen LogP contribution in [0.15, 0.2) is 0 Å². The lowest BCUT2D eigenvalue weighted by molar-refractivity contribution is -0.273. The zero-order chi connectivity index (χ0) is 16.9. The first-order valence-corrected chi connectivity index (χ1v) is 6.51. The Balaban J connectivity index is 3.03. The second kappa shape index (κ2) is 7.74. The molecule has 9 nitrogen and oxygen atoms in total. The number of rotatable bonds is 4. The normalized spacial score (nSPS) is 27.5. The highest BCUT2D eigenvalue weighted by Crippen LogP contribution is 2.25. The average molecular weight is 318 g/mol. The third-order valence-electron chi connectivity index (χ3n) is 2.59. The first kappa shape index (κ1) is 17.9. The van der Waals surface area contributed by atoms with Crippen molar-refractivity contribution in [2.45, 2.75) is 52.3 Å². The zero-order valence-corrected chi connectivity index (χ0v) is 12.7. The van der Waals surface area contributed by atoms with E-state index >= 15 is 0 Å². The van der Waals surface area contributed by atoms with E-state index in [9.17, 15) is 19.2 Å². The Morgan fingerprint density at radius 2 is 1.18 bits per heavy atom. The largest absolute Gasteiger partial charge is 0.456 e. The van der Waals surface area contributed by atoms with Crippen molar-refractivity contribution < 1.29 is 42.9 Å². The van der Waals surface area contributed by atoms with E-state index in [0.29, 0.717) is 0 Å². The monoisotopic (exact) mass is 318 g/mol. The lowest BCUT2D eigenvalue weighted by Gasteiger charge is -2.39. The Bertz CT molecular complexity index is 416. The van der Waals surface area contributed by atoms with Crippen LogP contribution in [0.3, 0.4) is 0 Å². The molecule has 0 aromatic heterocycles. The van der Waals surface area contributed by atoms with Gasteiger partial charge in [0.1, 0.15) is 0 Å². The molecule has 0 bridgehead atoms. The summed E-state index contributed by atoms with van der Waals surface area (Å²) in [5.41, 5.74) is 0. The highest BCUT2D eigenvalue weighted by Gasteiger charge is 2.48. The highest BCUT2D eigenvalue weighted by atomic mass is 16.7. The van der Waals surface area contributed by atoms with Crippen LogP contribution in [-0.2, 0) is 42.9 Å². The van der Waals surface area contributed by atoms with Crippen molar-refractivity contribution in [3.63, 3.8) is 0 Å². The number of ether oxygens (including phenoxy) is 5. The van der Waals surface area contributed by atoms with Crippen molar-refractivity contribution in [2.24, 2.45) is 0 Å². The van der Waals surface area contributed by atoms with Crippen molar-refractivity contribution in [1.82, 2.24) is 0 Å². The maximum Gasteiger partial charge on any atom is 0.305 e. The summed E-state index contributed by atoms with van der Waals surface area (Å²) in [5.74, 6) is -2.68. The van der Waals surface area contributed by atoms with E-state index in [-0.39, 0.29) is 6.61 Å². The van der Waals surface area contributed by atoms with Gasteiger partial charge < -0.3 is 23.7 Å². The molecule has 1 heterocycles. The molecule has 22 heavy (non-hydrogen) atoms. The predicted molar refractivity (Wildman–Crippen MR) is 68.2 cm³/mol. The third kappa shape index (κ3) is 5.32. The van der Waals surface area contributed by atoms with Gasteiger partial charge in [0, 0.05) is 27.7 Å². The highest BCUT2D eigenvalue weighted by molar-refractivity contribution is 5.69. The Morgan fingerprint density at radius 3 is 1.64 bits per heavy atom. The van der Waals surface area contributed by atoms with E-state index in [4.69, 9.17) is 23.7 Å². The molecule has 124 valence electrons. The summed E-state index contributed by atoms with van der Waals surface area (Å²) in [4.78, 5) is 44.7.